The molecule has 0 aliphatic carbocycles. The molecule has 0 bridgehead atoms. The Bertz CT molecular complexity index is 647. The SMILES string of the molecule is O=C1CCC(N2Cc3c(F)cc(Cl)cc3C2=O)C(=O)N1. The quantitative estimate of drug-likeness (QED) is 0.793. The number of halogens is 2. The Morgan fingerprint density at radius 1 is 1.30 bits per heavy atom. The van der Waals surface area contributed by atoms with Gasteiger partial charge in [0, 0.05) is 22.6 Å². The number of hydrogen-bond donors (Lipinski definition) is 1. The highest BCUT2D eigenvalue weighted by molar-refractivity contribution is 6.31. The number of carbonyl (C=O) groups excluding carboxylic acids is 3. The number of hydrogen-bond acceptors (Lipinski definition) is 3. The molecule has 0 spiro atoms. The van der Waals surface area contributed by atoms with Gasteiger partial charge in [0.25, 0.3) is 5.91 Å². The Labute approximate surface area is 118 Å². The second-order valence-electron chi connectivity index (χ2n) is 4.81. The third kappa shape index (κ3) is 1.96. The minimum absolute atomic E-state index is 0.0173. The van der Waals surface area contributed by atoms with E-state index in [1.165, 1.54) is 11.0 Å². The highest BCUT2D eigenvalue weighted by atomic mass is 35.5. The molecule has 0 radical (unpaired) electrons. The molecule has 1 saturated heterocycles. The molecule has 1 fully saturated rings. The summed E-state index contributed by atoms with van der Waals surface area (Å²) in [6, 6.07) is 1.79. The van der Waals surface area contributed by atoms with Gasteiger partial charge in [0.2, 0.25) is 11.8 Å². The lowest BCUT2D eigenvalue weighted by atomic mass is 10.0. The smallest absolute Gasteiger partial charge is 0.255 e. The second kappa shape index (κ2) is 4.56. The van der Waals surface area contributed by atoms with Crippen LogP contribution in [0.1, 0.15) is 28.8 Å². The van der Waals surface area contributed by atoms with Gasteiger partial charge in [-0.05, 0) is 18.6 Å². The van der Waals surface area contributed by atoms with Crippen LogP contribution in [0.3, 0.4) is 0 Å². The maximum atomic E-state index is 13.8. The van der Waals surface area contributed by atoms with Gasteiger partial charge in [0.05, 0.1) is 6.54 Å². The molecule has 7 heteroatoms. The number of amides is 3. The van der Waals surface area contributed by atoms with Crippen LogP contribution in [0.4, 0.5) is 4.39 Å². The van der Waals surface area contributed by atoms with Crippen molar-refractivity contribution in [2.75, 3.05) is 0 Å². The predicted octanol–water partition coefficient (Wildman–Crippen LogP) is 1.24. The fraction of sp³-hybridized carbons (Fsp3) is 0.308. The molecule has 1 N–H and O–H groups in total. The van der Waals surface area contributed by atoms with Crippen molar-refractivity contribution in [3.05, 3.63) is 34.1 Å². The molecule has 20 heavy (non-hydrogen) atoms. The largest absolute Gasteiger partial charge is 0.322 e. The maximum absolute atomic E-state index is 13.8. The van der Waals surface area contributed by atoms with Crippen LogP contribution in [-0.2, 0) is 16.1 Å². The molecule has 2 heterocycles. The van der Waals surface area contributed by atoms with Crippen molar-refractivity contribution in [2.24, 2.45) is 0 Å². The van der Waals surface area contributed by atoms with Crippen LogP contribution in [0.2, 0.25) is 5.02 Å². The minimum Gasteiger partial charge on any atom is -0.322 e. The molecule has 1 atom stereocenters. The van der Waals surface area contributed by atoms with Crippen molar-refractivity contribution in [1.29, 1.82) is 0 Å². The van der Waals surface area contributed by atoms with Gasteiger partial charge in [-0.15, -0.1) is 0 Å². The zero-order valence-corrected chi connectivity index (χ0v) is 11.0. The molecule has 2 aliphatic heterocycles. The van der Waals surface area contributed by atoms with Crippen LogP contribution >= 0.6 is 11.6 Å². The molecular formula is C13H10ClFN2O3. The molecule has 0 aromatic heterocycles. The Morgan fingerprint density at radius 3 is 2.75 bits per heavy atom. The third-order valence-electron chi connectivity index (χ3n) is 3.57. The van der Waals surface area contributed by atoms with Crippen molar-refractivity contribution in [1.82, 2.24) is 10.2 Å². The van der Waals surface area contributed by atoms with Crippen LogP contribution in [0.15, 0.2) is 12.1 Å². The minimum atomic E-state index is -0.745. The summed E-state index contributed by atoms with van der Waals surface area (Å²) in [5.74, 6) is -1.87. The number of nitrogens with one attached hydrogen (secondary N) is 1. The number of fused-ring (bicyclic) bond motifs is 1. The Balaban J connectivity index is 1.92. The zero-order valence-electron chi connectivity index (χ0n) is 10.3. The van der Waals surface area contributed by atoms with Gasteiger partial charge in [0.15, 0.2) is 0 Å². The van der Waals surface area contributed by atoms with Crippen molar-refractivity contribution in [2.45, 2.75) is 25.4 Å². The van der Waals surface area contributed by atoms with E-state index in [2.05, 4.69) is 5.32 Å². The van der Waals surface area contributed by atoms with E-state index in [1.54, 1.807) is 0 Å². The number of rotatable bonds is 1. The molecule has 3 amide bonds. The van der Waals surface area contributed by atoms with E-state index in [9.17, 15) is 18.8 Å². The monoisotopic (exact) mass is 296 g/mol. The van der Waals surface area contributed by atoms with E-state index in [0.29, 0.717) is 0 Å². The number of imide groups is 1. The van der Waals surface area contributed by atoms with Gasteiger partial charge in [-0.25, -0.2) is 4.39 Å². The molecule has 1 unspecified atom stereocenters. The van der Waals surface area contributed by atoms with Crippen LogP contribution in [0.25, 0.3) is 0 Å². The first kappa shape index (κ1) is 13.1. The number of piperidine rings is 1. The summed E-state index contributed by atoms with van der Waals surface area (Å²) >= 11 is 5.74. The van der Waals surface area contributed by atoms with Crippen molar-refractivity contribution in [3.63, 3.8) is 0 Å². The van der Waals surface area contributed by atoms with Crippen LogP contribution < -0.4 is 5.32 Å². The van der Waals surface area contributed by atoms with Gasteiger partial charge < -0.3 is 4.90 Å². The van der Waals surface area contributed by atoms with Crippen LogP contribution in [-0.4, -0.2) is 28.7 Å². The Morgan fingerprint density at radius 2 is 2.05 bits per heavy atom. The standard InChI is InChI=1S/C13H10ClFN2O3/c14-6-3-7-8(9(15)4-6)5-17(13(7)20)10-1-2-11(18)16-12(10)19/h3-4,10H,1-2,5H2,(H,16,18,19). The molecule has 3 rings (SSSR count). The van der Waals surface area contributed by atoms with Gasteiger partial charge in [-0.3, -0.25) is 19.7 Å². The Hall–Kier alpha value is -1.95. The average molecular weight is 297 g/mol. The van der Waals surface area contributed by atoms with E-state index >= 15 is 0 Å². The van der Waals surface area contributed by atoms with E-state index in [4.69, 9.17) is 11.6 Å². The summed E-state index contributed by atoms with van der Waals surface area (Å²) in [6.45, 7) is 0.0173. The normalized spacial score (nSPS) is 22.0. The molecule has 104 valence electrons. The summed E-state index contributed by atoms with van der Waals surface area (Å²) in [5, 5.41) is 2.33. The third-order valence-corrected chi connectivity index (χ3v) is 3.78. The molecule has 5 nitrogen and oxygen atoms in total. The van der Waals surface area contributed by atoms with Gasteiger partial charge in [-0.2, -0.15) is 0 Å². The summed E-state index contributed by atoms with van der Waals surface area (Å²) < 4.78 is 13.8. The fourth-order valence-electron chi connectivity index (χ4n) is 2.58. The van der Waals surface area contributed by atoms with Crippen molar-refractivity contribution < 1.29 is 18.8 Å². The van der Waals surface area contributed by atoms with Gasteiger partial charge >= 0.3 is 0 Å². The summed E-state index contributed by atoms with van der Waals surface area (Å²) in [7, 11) is 0. The van der Waals surface area contributed by atoms with E-state index < -0.39 is 23.7 Å². The van der Waals surface area contributed by atoms with E-state index in [-0.39, 0.29) is 41.4 Å². The summed E-state index contributed by atoms with van der Waals surface area (Å²) in [4.78, 5) is 36.5. The van der Waals surface area contributed by atoms with Crippen LogP contribution in [0.5, 0.6) is 0 Å². The molecule has 1 aromatic carbocycles. The zero-order chi connectivity index (χ0) is 14.4. The molecular weight excluding hydrogens is 287 g/mol. The first-order valence-corrected chi connectivity index (χ1v) is 6.48. The highest BCUT2D eigenvalue weighted by Gasteiger charge is 2.40. The first-order valence-electron chi connectivity index (χ1n) is 6.10. The van der Waals surface area contributed by atoms with E-state index in [1.807, 2.05) is 0 Å². The Kier molecular flexibility index (Phi) is 2.97. The van der Waals surface area contributed by atoms with E-state index in [0.717, 1.165) is 6.07 Å². The van der Waals surface area contributed by atoms with Crippen LogP contribution in [0, 0.1) is 5.82 Å². The molecule has 2 aliphatic rings. The van der Waals surface area contributed by atoms with Crippen molar-refractivity contribution >= 4 is 29.3 Å². The maximum Gasteiger partial charge on any atom is 0.255 e. The number of benzene rings is 1. The lowest BCUT2D eigenvalue weighted by Gasteiger charge is -2.29. The number of carbonyl (C=O) groups is 3. The average Bonchev–Trinajstić information content (AvgIpc) is 2.68. The lowest BCUT2D eigenvalue weighted by Crippen LogP contribution is -2.52. The lowest BCUT2D eigenvalue weighted by molar-refractivity contribution is -0.136. The van der Waals surface area contributed by atoms with Gasteiger partial charge in [-0.1, -0.05) is 11.6 Å². The summed E-state index contributed by atoms with van der Waals surface area (Å²) in [6.07, 6.45) is 0.416. The topological polar surface area (TPSA) is 66.5 Å². The fourth-order valence-corrected chi connectivity index (χ4v) is 2.79. The number of nitrogens with zero attached hydrogens (tertiary/aromatic N) is 1. The summed E-state index contributed by atoms with van der Waals surface area (Å²) in [5.41, 5.74) is 0.420. The predicted molar refractivity (Wildman–Crippen MR) is 67.5 cm³/mol. The molecule has 0 saturated carbocycles. The highest BCUT2D eigenvalue weighted by Crippen LogP contribution is 2.31. The van der Waals surface area contributed by atoms with Crippen molar-refractivity contribution in [3.8, 4) is 0 Å². The molecule has 1 aromatic rings. The van der Waals surface area contributed by atoms with Gasteiger partial charge in [0.1, 0.15) is 11.9 Å². The first-order chi connectivity index (χ1) is 9.47. The second-order valence-corrected chi connectivity index (χ2v) is 5.25.